The van der Waals surface area contributed by atoms with Gasteiger partial charge < -0.3 is 5.11 Å². The molecule has 0 atom stereocenters. The molecule has 0 aliphatic heterocycles. The normalized spacial score (nSPS) is 11.0. The van der Waals surface area contributed by atoms with Crippen LogP contribution in [0.3, 0.4) is 0 Å². The fraction of sp³-hybridized carbons (Fsp3) is 0. The van der Waals surface area contributed by atoms with Gasteiger partial charge in [-0.25, -0.2) is 22.9 Å². The van der Waals surface area contributed by atoms with Crippen LogP contribution < -0.4 is 0 Å². The van der Waals surface area contributed by atoms with Gasteiger partial charge in [-0.2, -0.15) is 0 Å². The van der Waals surface area contributed by atoms with Crippen molar-refractivity contribution in [2.45, 2.75) is 0 Å². The van der Waals surface area contributed by atoms with Gasteiger partial charge in [-0.15, -0.1) is 0 Å². The fourth-order valence-corrected chi connectivity index (χ4v) is 2.47. The summed E-state index contributed by atoms with van der Waals surface area (Å²) in [6.07, 6.45) is 0. The number of fused-ring (bicyclic) bond motifs is 1. The number of aromatic nitrogens is 1. The summed E-state index contributed by atoms with van der Waals surface area (Å²) in [6.45, 7) is 0. The predicted molar refractivity (Wildman–Crippen MR) is 79.0 cm³/mol. The molecule has 0 spiro atoms. The van der Waals surface area contributed by atoms with E-state index in [4.69, 9.17) is 11.6 Å². The zero-order valence-electron chi connectivity index (χ0n) is 11.3. The Morgan fingerprint density at radius 1 is 1.04 bits per heavy atom. The molecule has 0 aliphatic rings. The third kappa shape index (κ3) is 2.73. The Morgan fingerprint density at radius 2 is 1.78 bits per heavy atom. The highest BCUT2D eigenvalue weighted by atomic mass is 35.5. The van der Waals surface area contributed by atoms with Gasteiger partial charge in [0.1, 0.15) is 17.2 Å². The molecule has 1 heterocycles. The first kappa shape index (κ1) is 15.3. The average molecular weight is 338 g/mol. The Hall–Kier alpha value is -2.60. The van der Waals surface area contributed by atoms with E-state index in [9.17, 15) is 23.1 Å². The molecule has 0 amide bonds. The zero-order chi connectivity index (χ0) is 16.7. The first-order chi connectivity index (χ1) is 10.9. The van der Waals surface area contributed by atoms with Crippen molar-refractivity contribution in [3.8, 4) is 11.3 Å². The Labute approximate surface area is 133 Å². The largest absolute Gasteiger partial charge is 0.478 e. The van der Waals surface area contributed by atoms with E-state index in [1.165, 1.54) is 6.07 Å². The van der Waals surface area contributed by atoms with Crippen molar-refractivity contribution in [1.29, 1.82) is 0 Å². The standard InChI is InChI=1S/C16H7ClF3NO2/c17-7-3-10-11(16(22)23)6-14(21-15(10)13(20)4-7)9-2-1-8(18)5-12(9)19/h1-6H,(H,22,23). The van der Waals surface area contributed by atoms with Crippen LogP contribution in [-0.2, 0) is 0 Å². The van der Waals surface area contributed by atoms with Gasteiger partial charge >= 0.3 is 5.97 Å². The minimum atomic E-state index is -1.34. The first-order valence-corrected chi connectivity index (χ1v) is 6.73. The molecule has 0 aliphatic carbocycles. The SMILES string of the molecule is O=C(O)c1cc(-c2ccc(F)cc2F)nc2c(F)cc(Cl)cc12. The first-order valence-electron chi connectivity index (χ1n) is 6.35. The molecule has 7 heteroatoms. The third-order valence-electron chi connectivity index (χ3n) is 3.27. The molecule has 0 fully saturated rings. The molecule has 3 rings (SSSR count). The van der Waals surface area contributed by atoms with E-state index in [0.29, 0.717) is 6.07 Å². The molecule has 1 N–H and O–H groups in total. The summed E-state index contributed by atoms with van der Waals surface area (Å²) in [5.41, 5.74) is -0.790. The number of hydrogen-bond acceptors (Lipinski definition) is 2. The molecule has 2 aromatic carbocycles. The molecule has 23 heavy (non-hydrogen) atoms. The topological polar surface area (TPSA) is 50.2 Å². The van der Waals surface area contributed by atoms with Gasteiger partial charge in [0.2, 0.25) is 0 Å². The highest BCUT2D eigenvalue weighted by Crippen LogP contribution is 2.30. The minimum absolute atomic E-state index is 0.00577. The number of benzene rings is 2. The lowest BCUT2D eigenvalue weighted by molar-refractivity contribution is 0.0699. The number of carboxylic acid groups (broad SMARTS) is 1. The highest BCUT2D eigenvalue weighted by Gasteiger charge is 2.18. The van der Waals surface area contributed by atoms with Crippen LogP contribution in [0.15, 0.2) is 36.4 Å². The summed E-state index contributed by atoms with van der Waals surface area (Å²) >= 11 is 5.74. The molecular weight excluding hydrogens is 331 g/mol. The van der Waals surface area contributed by atoms with Gasteiger partial charge in [0.15, 0.2) is 5.82 Å². The van der Waals surface area contributed by atoms with E-state index in [2.05, 4.69) is 4.98 Å². The van der Waals surface area contributed by atoms with Gasteiger partial charge in [-0.1, -0.05) is 11.6 Å². The lowest BCUT2D eigenvalue weighted by atomic mass is 10.0. The van der Waals surface area contributed by atoms with Crippen molar-refractivity contribution in [2.75, 3.05) is 0 Å². The van der Waals surface area contributed by atoms with Gasteiger partial charge in [0, 0.05) is 22.0 Å². The van der Waals surface area contributed by atoms with E-state index in [0.717, 1.165) is 24.3 Å². The van der Waals surface area contributed by atoms with Crippen molar-refractivity contribution in [2.24, 2.45) is 0 Å². The second-order valence-electron chi connectivity index (χ2n) is 4.77. The summed E-state index contributed by atoms with van der Waals surface area (Å²) in [5.74, 6) is -3.90. The van der Waals surface area contributed by atoms with Crippen LogP contribution >= 0.6 is 11.6 Å². The fourth-order valence-electron chi connectivity index (χ4n) is 2.26. The number of carboxylic acids is 1. The van der Waals surface area contributed by atoms with Crippen LogP contribution in [0.25, 0.3) is 22.2 Å². The predicted octanol–water partition coefficient (Wildman–Crippen LogP) is 4.67. The lowest BCUT2D eigenvalue weighted by Gasteiger charge is -2.09. The average Bonchev–Trinajstić information content (AvgIpc) is 2.46. The summed E-state index contributed by atoms with van der Waals surface area (Å²) in [7, 11) is 0. The zero-order valence-corrected chi connectivity index (χ0v) is 12.0. The number of carbonyl (C=O) groups is 1. The van der Waals surface area contributed by atoms with Crippen LogP contribution in [0.2, 0.25) is 5.02 Å². The Morgan fingerprint density at radius 3 is 2.43 bits per heavy atom. The minimum Gasteiger partial charge on any atom is -0.478 e. The Bertz CT molecular complexity index is 960. The number of pyridine rings is 1. The molecule has 1 aromatic heterocycles. The smallest absolute Gasteiger partial charge is 0.336 e. The van der Waals surface area contributed by atoms with E-state index >= 15 is 0 Å². The second kappa shape index (κ2) is 5.55. The monoisotopic (exact) mass is 337 g/mol. The molecule has 0 saturated heterocycles. The maximum absolute atomic E-state index is 14.1. The molecule has 0 unspecified atom stereocenters. The highest BCUT2D eigenvalue weighted by molar-refractivity contribution is 6.31. The van der Waals surface area contributed by atoms with E-state index in [-0.39, 0.29) is 32.7 Å². The summed E-state index contributed by atoms with van der Waals surface area (Å²) in [6, 6.07) is 6.09. The summed E-state index contributed by atoms with van der Waals surface area (Å²) in [4.78, 5) is 15.4. The van der Waals surface area contributed by atoms with Gasteiger partial charge in [-0.3, -0.25) is 0 Å². The number of halogens is 4. The summed E-state index contributed by atoms with van der Waals surface area (Å²) < 4.78 is 41.0. The summed E-state index contributed by atoms with van der Waals surface area (Å²) in [5, 5.41) is 9.31. The van der Waals surface area contributed by atoms with Crippen molar-refractivity contribution in [1.82, 2.24) is 4.98 Å². The van der Waals surface area contributed by atoms with Crippen molar-refractivity contribution < 1.29 is 23.1 Å². The van der Waals surface area contributed by atoms with Crippen LogP contribution in [0.5, 0.6) is 0 Å². The van der Waals surface area contributed by atoms with E-state index in [1.807, 2.05) is 0 Å². The van der Waals surface area contributed by atoms with Crippen molar-refractivity contribution >= 4 is 28.5 Å². The van der Waals surface area contributed by atoms with Crippen molar-refractivity contribution in [3.05, 3.63) is 64.4 Å². The maximum atomic E-state index is 14.1. The van der Waals surface area contributed by atoms with Gasteiger partial charge in [-0.05, 0) is 30.3 Å². The van der Waals surface area contributed by atoms with Crippen LogP contribution in [-0.4, -0.2) is 16.1 Å². The Kier molecular flexibility index (Phi) is 3.69. The van der Waals surface area contributed by atoms with Gasteiger partial charge in [0.25, 0.3) is 0 Å². The molecule has 116 valence electrons. The van der Waals surface area contributed by atoms with Crippen molar-refractivity contribution in [3.63, 3.8) is 0 Å². The van der Waals surface area contributed by atoms with E-state index in [1.54, 1.807) is 0 Å². The lowest BCUT2D eigenvalue weighted by Crippen LogP contribution is -2.02. The molecule has 0 bridgehead atoms. The van der Waals surface area contributed by atoms with Crippen LogP contribution in [0.1, 0.15) is 10.4 Å². The molecule has 3 nitrogen and oxygen atoms in total. The van der Waals surface area contributed by atoms with Gasteiger partial charge in [0.05, 0.1) is 11.3 Å². The number of rotatable bonds is 2. The molecule has 3 aromatic rings. The number of aromatic carboxylic acids is 1. The molecule has 0 radical (unpaired) electrons. The van der Waals surface area contributed by atoms with E-state index < -0.39 is 23.4 Å². The second-order valence-corrected chi connectivity index (χ2v) is 5.20. The number of nitrogens with zero attached hydrogens (tertiary/aromatic N) is 1. The number of hydrogen-bond donors (Lipinski definition) is 1. The molecular formula is C16H7ClF3NO2. The third-order valence-corrected chi connectivity index (χ3v) is 3.49. The quantitative estimate of drug-likeness (QED) is 0.739. The maximum Gasteiger partial charge on any atom is 0.336 e. The van der Waals surface area contributed by atoms with Crippen LogP contribution in [0.4, 0.5) is 13.2 Å². The van der Waals surface area contributed by atoms with Crippen LogP contribution in [0, 0.1) is 17.5 Å². The Balaban J connectivity index is 2.37. The molecule has 0 saturated carbocycles.